The third-order valence-electron chi connectivity index (χ3n) is 15.8. The van der Waals surface area contributed by atoms with E-state index in [1.807, 2.05) is 20.1 Å². The van der Waals surface area contributed by atoms with Crippen LogP contribution >= 0.6 is 11.8 Å². The normalized spacial score (nSPS) is 17.6. The van der Waals surface area contributed by atoms with Gasteiger partial charge in [0.25, 0.3) is 0 Å². The number of H-pyrrole nitrogens is 1. The zero-order valence-corrected chi connectivity index (χ0v) is 55.8. The minimum absolute atomic E-state index is 0.00496. The predicted octanol–water partition coefficient (Wildman–Crippen LogP) is -4.84. The molecule has 33 nitrogen and oxygen atoms in total. The summed E-state index contributed by atoms with van der Waals surface area (Å²) < 4.78 is 0. The van der Waals surface area contributed by atoms with Gasteiger partial charge in [-0.25, -0.2) is 4.98 Å². The molecule has 0 saturated carbocycles. The molecule has 2 aliphatic heterocycles. The topological polar surface area (TPSA) is 528 Å². The molecule has 2 aliphatic rings. The van der Waals surface area contributed by atoms with E-state index in [-0.39, 0.29) is 82.4 Å². The molecule has 1 aromatic heterocycles. The summed E-state index contributed by atoms with van der Waals surface area (Å²) in [7, 11) is 0. The maximum Gasteiger partial charge on any atom is 0.245 e. The number of rotatable bonds is 39. The van der Waals surface area contributed by atoms with Gasteiger partial charge in [0.1, 0.15) is 66.5 Å². The standard InChI is InChI=1S/C61H97N19O14S/c1-32(2)24-41(53(87)72-39(16-11-20-68-61(65)66)52(86)73-40(49(64)83)26-36-14-9-8-10-15-36)75-58(92)47-18-13-22-80(47)60(94)44(25-33(3)4)77-55(89)43(28-48(63)82)74-51(85)35(6)70-50(84)34(5)71-56(90)45(30-81)78-54(88)42(27-37-29-67-31-69-37)76-57(91)46-17-12-21-79(46)59(93)38(62)19-23-95-7/h8-10,14-15,29,31-35,38-47,81H,11-13,16-28,30,62H2,1-7H3,(H2,63,82)(H2,64,83)(H,67,69)(H,70,84)(H,71,90)(H,72,87)(H,73,86)(H,74,85)(H,75,92)(H,76,91)(H,77,89)(H,78,88)(H4,65,66,68)/t34-,35-,38-,39-,40-,41-,42-,43-,44-,45-,46-,47-/m0/s1. The molecule has 4 rings (SSSR count). The van der Waals surface area contributed by atoms with Gasteiger partial charge in [-0.15, -0.1) is 0 Å². The summed E-state index contributed by atoms with van der Waals surface area (Å²) in [5.74, 6) is -10.7. The summed E-state index contributed by atoms with van der Waals surface area (Å²) in [6, 6.07) is -6.71. The number of nitrogens with one attached hydrogen (secondary N) is 10. The third kappa shape index (κ3) is 25.7. The van der Waals surface area contributed by atoms with Crippen molar-refractivity contribution in [1.29, 1.82) is 0 Å². The van der Waals surface area contributed by atoms with Crippen LogP contribution < -0.4 is 76.5 Å². The van der Waals surface area contributed by atoms with Crippen LogP contribution in [0.25, 0.3) is 0 Å². The van der Waals surface area contributed by atoms with E-state index in [2.05, 4.69) is 62.8 Å². The van der Waals surface area contributed by atoms with Gasteiger partial charge < -0.3 is 96.4 Å². The van der Waals surface area contributed by atoms with Crippen LogP contribution in [-0.4, -0.2) is 218 Å². The molecule has 34 heteroatoms. The smallest absolute Gasteiger partial charge is 0.245 e. The Balaban J connectivity index is 1.41. The maximum atomic E-state index is 14.6. The van der Waals surface area contributed by atoms with Gasteiger partial charge in [0, 0.05) is 44.4 Å². The lowest BCUT2D eigenvalue weighted by atomic mass is 10.00. The van der Waals surface area contributed by atoms with E-state index in [4.69, 9.17) is 28.7 Å². The number of aliphatic hydroxyl groups excluding tert-OH is 1. The molecular formula is C61H97N19O14S. The monoisotopic (exact) mass is 1350 g/mol. The van der Waals surface area contributed by atoms with E-state index in [0.717, 1.165) is 0 Å². The number of carbonyl (C=O) groups excluding carboxylic acids is 13. The molecule has 0 radical (unpaired) electrons. The van der Waals surface area contributed by atoms with E-state index in [0.29, 0.717) is 42.7 Å². The SMILES string of the molecule is CSCC[C@H](N)C(=O)N1CCC[C@H]1C(=O)N[C@@H](Cc1cnc[nH]1)C(=O)N[C@@H](CO)C(=O)N[C@@H](C)C(=O)N[C@@H](C)C(=O)N[C@@H](CC(N)=O)C(=O)N[C@@H](CC(C)C)C(=O)N1CCC[C@H]1C(=O)N[C@@H](CC(C)C)C(=O)N[C@@H](CCCN=C(N)N)C(=O)N[C@@H](Cc1ccccc1)C(N)=O. The van der Waals surface area contributed by atoms with Crippen LogP contribution in [0.2, 0.25) is 0 Å². The van der Waals surface area contributed by atoms with E-state index in [9.17, 15) is 67.4 Å². The van der Waals surface area contributed by atoms with Gasteiger partial charge in [-0.3, -0.25) is 67.3 Å². The molecule has 0 unspecified atom stereocenters. The van der Waals surface area contributed by atoms with Crippen molar-refractivity contribution in [3.05, 3.63) is 54.1 Å². The molecule has 2 fully saturated rings. The first-order chi connectivity index (χ1) is 44.9. The second-order valence-electron chi connectivity index (χ2n) is 24.6. The second kappa shape index (κ2) is 39.1. The number of likely N-dealkylation sites (tertiary alicyclic amines) is 2. The van der Waals surface area contributed by atoms with E-state index in [1.54, 1.807) is 44.2 Å². The van der Waals surface area contributed by atoms with Crippen molar-refractivity contribution >= 4 is 94.5 Å². The largest absolute Gasteiger partial charge is 0.394 e. The van der Waals surface area contributed by atoms with E-state index >= 15 is 0 Å². The molecule has 95 heavy (non-hydrogen) atoms. The summed E-state index contributed by atoms with van der Waals surface area (Å²) in [4.78, 5) is 191. The number of thioether (sulfide) groups is 1. The Hall–Kier alpha value is -8.92. The summed E-state index contributed by atoms with van der Waals surface area (Å²) in [5, 5.41) is 33.2. The average Bonchev–Trinajstić information content (AvgIpc) is 1.77. The Kier molecular flexibility index (Phi) is 32.3. The average molecular weight is 1350 g/mol. The van der Waals surface area contributed by atoms with Crippen molar-refractivity contribution in [1.82, 2.24) is 67.6 Å². The Morgan fingerprint density at radius 1 is 0.600 bits per heavy atom. The number of aliphatic imine (C=N–C) groups is 1. The number of carbonyl (C=O) groups is 13. The minimum Gasteiger partial charge on any atom is -0.394 e. The van der Waals surface area contributed by atoms with Crippen LogP contribution in [-0.2, 0) is 75.2 Å². The summed E-state index contributed by atoms with van der Waals surface area (Å²) >= 11 is 1.52. The number of aliphatic hydroxyl groups is 1. The number of benzene rings is 1. The highest BCUT2D eigenvalue weighted by molar-refractivity contribution is 7.98. The number of nitrogens with two attached hydrogens (primary N) is 5. The molecule has 0 aliphatic carbocycles. The highest BCUT2D eigenvalue weighted by Crippen LogP contribution is 2.23. The Labute approximate surface area is 556 Å². The minimum atomic E-state index is -1.71. The summed E-state index contributed by atoms with van der Waals surface area (Å²) in [5.41, 5.74) is 29.5. The Bertz CT molecular complexity index is 2990. The summed E-state index contributed by atoms with van der Waals surface area (Å²) in [6.45, 7) is 9.08. The fourth-order valence-electron chi connectivity index (χ4n) is 10.8. The first-order valence-corrected chi connectivity index (χ1v) is 33.2. The molecule has 2 aromatic rings. The molecule has 2 saturated heterocycles. The number of aromatic nitrogens is 2. The van der Waals surface area contributed by atoms with E-state index in [1.165, 1.54) is 47.9 Å². The quantitative estimate of drug-likeness (QED) is 0.0170. The lowest BCUT2D eigenvalue weighted by molar-refractivity contribution is -0.143. The molecule has 0 spiro atoms. The van der Waals surface area contributed by atoms with Gasteiger partial charge in [0.05, 0.1) is 25.4 Å². The fourth-order valence-corrected chi connectivity index (χ4v) is 11.3. The number of hydrogen-bond acceptors (Lipinski definition) is 18. The Morgan fingerprint density at radius 3 is 1.64 bits per heavy atom. The van der Waals surface area contributed by atoms with Crippen LogP contribution in [0.3, 0.4) is 0 Å². The molecule has 0 bridgehead atoms. The van der Waals surface area contributed by atoms with Gasteiger partial charge in [-0.2, -0.15) is 11.8 Å². The zero-order chi connectivity index (χ0) is 70.6. The summed E-state index contributed by atoms with van der Waals surface area (Å²) in [6.07, 6.45) is 5.80. The first-order valence-electron chi connectivity index (χ1n) is 31.8. The molecule has 526 valence electrons. The predicted molar refractivity (Wildman–Crippen MR) is 351 cm³/mol. The highest BCUT2D eigenvalue weighted by Gasteiger charge is 2.42. The molecular weight excluding hydrogens is 1250 g/mol. The molecule has 13 amide bonds. The second-order valence-corrected chi connectivity index (χ2v) is 25.6. The van der Waals surface area contributed by atoms with Crippen LogP contribution in [0, 0.1) is 11.8 Å². The lowest BCUT2D eigenvalue weighted by Gasteiger charge is -2.32. The van der Waals surface area contributed by atoms with Gasteiger partial charge >= 0.3 is 0 Å². The number of guanidine groups is 1. The van der Waals surface area contributed by atoms with Gasteiger partial charge in [-0.05, 0) is 101 Å². The number of aromatic amines is 1. The number of nitrogens with zero attached hydrogens (tertiary/aromatic N) is 4. The van der Waals surface area contributed by atoms with E-state index < -0.39 is 162 Å². The number of amides is 13. The first kappa shape index (κ1) is 78.5. The van der Waals surface area contributed by atoms with Crippen LogP contribution in [0.15, 0.2) is 47.8 Å². The van der Waals surface area contributed by atoms with Gasteiger partial charge in [0.15, 0.2) is 5.96 Å². The van der Waals surface area contributed by atoms with Crippen LogP contribution in [0.1, 0.15) is 117 Å². The maximum absolute atomic E-state index is 14.6. The van der Waals surface area contributed by atoms with Gasteiger partial charge in [-0.1, -0.05) is 58.0 Å². The number of imidazole rings is 1. The van der Waals surface area contributed by atoms with Crippen molar-refractivity contribution in [2.75, 3.05) is 38.2 Å². The van der Waals surface area contributed by atoms with Gasteiger partial charge in [0.2, 0.25) is 76.8 Å². The number of hydrogen-bond donors (Lipinski definition) is 16. The van der Waals surface area contributed by atoms with Crippen LogP contribution in [0.5, 0.6) is 0 Å². The van der Waals surface area contributed by atoms with Crippen molar-refractivity contribution in [3.8, 4) is 0 Å². The highest BCUT2D eigenvalue weighted by atomic mass is 32.2. The van der Waals surface area contributed by atoms with Crippen molar-refractivity contribution in [3.63, 3.8) is 0 Å². The molecule has 3 heterocycles. The van der Waals surface area contributed by atoms with Crippen LogP contribution in [0.4, 0.5) is 0 Å². The Morgan fingerprint density at radius 2 is 1.09 bits per heavy atom. The van der Waals surface area contributed by atoms with Crippen molar-refractivity contribution in [2.24, 2.45) is 45.5 Å². The third-order valence-corrected chi connectivity index (χ3v) is 16.4. The fraction of sp³-hybridized carbons (Fsp3) is 0.623. The molecule has 12 atom stereocenters. The van der Waals surface area contributed by atoms with Crippen molar-refractivity contribution in [2.45, 2.75) is 191 Å². The number of primary amides is 2. The van der Waals surface area contributed by atoms with Crippen molar-refractivity contribution < 1.29 is 67.4 Å². The lowest BCUT2D eigenvalue weighted by Crippen LogP contribution is -2.61. The molecule has 21 N–H and O–H groups in total. The zero-order valence-electron chi connectivity index (χ0n) is 55.0. The molecule has 1 aromatic carbocycles.